The standard InChI is InChI=1S/C11H6BrClF4N2/c1-4-6(12)3-2-5-7(4)18-10(19-8(5)13)11(16,17)9(14)15/h2-3,9H,1H3. The summed E-state index contributed by atoms with van der Waals surface area (Å²) in [6.45, 7) is 1.61. The van der Waals surface area contributed by atoms with Crippen LogP contribution in [0.2, 0.25) is 5.15 Å². The summed E-state index contributed by atoms with van der Waals surface area (Å²) in [4.78, 5) is 6.81. The molecule has 19 heavy (non-hydrogen) atoms. The van der Waals surface area contributed by atoms with Crippen molar-refractivity contribution in [2.24, 2.45) is 0 Å². The third-order valence-electron chi connectivity index (χ3n) is 2.58. The highest BCUT2D eigenvalue weighted by Gasteiger charge is 2.46. The Morgan fingerprint density at radius 1 is 1.26 bits per heavy atom. The van der Waals surface area contributed by atoms with Crippen LogP contribution in [0.25, 0.3) is 10.9 Å². The number of benzene rings is 1. The Hall–Kier alpha value is -0.950. The van der Waals surface area contributed by atoms with E-state index < -0.39 is 18.2 Å². The molecule has 0 atom stereocenters. The molecule has 8 heteroatoms. The zero-order valence-electron chi connectivity index (χ0n) is 9.39. The average molecular weight is 358 g/mol. The van der Waals surface area contributed by atoms with Gasteiger partial charge < -0.3 is 0 Å². The lowest BCUT2D eigenvalue weighted by Crippen LogP contribution is -2.26. The van der Waals surface area contributed by atoms with Gasteiger partial charge in [-0.25, -0.2) is 18.7 Å². The maximum atomic E-state index is 13.3. The molecular formula is C11H6BrClF4N2. The van der Waals surface area contributed by atoms with Crippen molar-refractivity contribution in [1.29, 1.82) is 0 Å². The number of aryl methyl sites for hydroxylation is 1. The Bertz CT molecular complexity index is 648. The monoisotopic (exact) mass is 356 g/mol. The quantitative estimate of drug-likeness (QED) is 0.574. The maximum absolute atomic E-state index is 13.3. The van der Waals surface area contributed by atoms with Crippen molar-refractivity contribution in [3.05, 3.63) is 33.1 Å². The fourth-order valence-electron chi connectivity index (χ4n) is 1.52. The molecule has 1 aromatic carbocycles. The molecule has 0 aliphatic rings. The van der Waals surface area contributed by atoms with Crippen LogP contribution in [0.4, 0.5) is 17.6 Å². The third kappa shape index (κ3) is 2.41. The third-order valence-corrected chi connectivity index (χ3v) is 3.73. The number of alkyl halides is 4. The molecule has 0 radical (unpaired) electrons. The first-order valence-corrected chi connectivity index (χ1v) is 6.21. The minimum Gasteiger partial charge on any atom is -0.226 e. The lowest BCUT2D eigenvalue weighted by Gasteiger charge is -2.15. The van der Waals surface area contributed by atoms with E-state index in [1.807, 2.05) is 0 Å². The van der Waals surface area contributed by atoms with Crippen LogP contribution in [0, 0.1) is 6.92 Å². The van der Waals surface area contributed by atoms with Crippen molar-refractivity contribution in [1.82, 2.24) is 9.97 Å². The molecular weight excluding hydrogens is 351 g/mol. The molecule has 0 saturated carbocycles. The summed E-state index contributed by atoms with van der Waals surface area (Å²) in [7, 11) is 0. The average Bonchev–Trinajstić information content (AvgIpc) is 2.33. The van der Waals surface area contributed by atoms with Crippen molar-refractivity contribution in [3.63, 3.8) is 0 Å². The summed E-state index contributed by atoms with van der Waals surface area (Å²) in [5.74, 6) is -5.71. The highest BCUT2D eigenvalue weighted by Crippen LogP contribution is 2.35. The van der Waals surface area contributed by atoms with E-state index in [9.17, 15) is 17.6 Å². The van der Waals surface area contributed by atoms with Crippen LogP contribution in [0.1, 0.15) is 11.4 Å². The van der Waals surface area contributed by atoms with Gasteiger partial charge in [-0.15, -0.1) is 0 Å². The molecule has 0 amide bonds. The van der Waals surface area contributed by atoms with Gasteiger partial charge in [0.05, 0.1) is 5.52 Å². The zero-order valence-corrected chi connectivity index (χ0v) is 11.7. The Kier molecular flexibility index (Phi) is 3.70. The highest BCUT2D eigenvalue weighted by atomic mass is 79.9. The number of nitrogens with zero attached hydrogens (tertiary/aromatic N) is 2. The molecule has 1 heterocycles. The van der Waals surface area contributed by atoms with Crippen molar-refractivity contribution >= 4 is 38.4 Å². The molecule has 0 bridgehead atoms. The smallest absolute Gasteiger partial charge is 0.226 e. The van der Waals surface area contributed by atoms with E-state index in [-0.39, 0.29) is 10.7 Å². The number of rotatable bonds is 2. The molecule has 0 N–H and O–H groups in total. The lowest BCUT2D eigenvalue weighted by molar-refractivity contribution is -0.140. The van der Waals surface area contributed by atoms with Gasteiger partial charge in [-0.05, 0) is 24.6 Å². The SMILES string of the molecule is Cc1c(Br)ccc2c(Cl)nc(C(F)(F)C(F)F)nc12. The second-order valence-corrected chi connectivity index (χ2v) is 5.04. The molecule has 2 nitrogen and oxygen atoms in total. The van der Waals surface area contributed by atoms with Crippen LogP contribution in [-0.4, -0.2) is 16.4 Å². The molecule has 0 unspecified atom stereocenters. The van der Waals surface area contributed by atoms with Gasteiger partial charge in [0.2, 0.25) is 5.82 Å². The van der Waals surface area contributed by atoms with Gasteiger partial charge in [-0.3, -0.25) is 0 Å². The summed E-state index contributed by atoms with van der Waals surface area (Å²) in [6, 6.07) is 3.18. The van der Waals surface area contributed by atoms with Crippen molar-refractivity contribution < 1.29 is 17.6 Å². The molecule has 0 fully saturated rings. The van der Waals surface area contributed by atoms with E-state index in [0.29, 0.717) is 15.4 Å². The van der Waals surface area contributed by atoms with Crippen LogP contribution in [0.15, 0.2) is 16.6 Å². The molecule has 2 aromatic rings. The summed E-state index contributed by atoms with van der Waals surface area (Å²) in [6.07, 6.45) is -3.89. The van der Waals surface area contributed by atoms with E-state index in [1.165, 1.54) is 6.07 Å². The van der Waals surface area contributed by atoms with Crippen LogP contribution >= 0.6 is 27.5 Å². The van der Waals surface area contributed by atoms with Crippen LogP contribution in [0.3, 0.4) is 0 Å². The van der Waals surface area contributed by atoms with Gasteiger partial charge >= 0.3 is 12.3 Å². The van der Waals surface area contributed by atoms with Crippen LogP contribution < -0.4 is 0 Å². The van der Waals surface area contributed by atoms with Gasteiger partial charge in [0.1, 0.15) is 5.15 Å². The van der Waals surface area contributed by atoms with E-state index in [4.69, 9.17) is 11.6 Å². The Labute approximate surface area is 118 Å². The van der Waals surface area contributed by atoms with Crippen molar-refractivity contribution in [3.8, 4) is 0 Å². The largest absolute Gasteiger partial charge is 0.365 e. The number of fused-ring (bicyclic) bond motifs is 1. The fourth-order valence-corrected chi connectivity index (χ4v) is 2.07. The first kappa shape index (κ1) is 14.5. The Morgan fingerprint density at radius 3 is 2.47 bits per heavy atom. The number of hydrogen-bond donors (Lipinski definition) is 0. The van der Waals surface area contributed by atoms with E-state index >= 15 is 0 Å². The molecule has 0 aliphatic carbocycles. The zero-order chi connectivity index (χ0) is 14.4. The summed E-state index contributed by atoms with van der Waals surface area (Å²) < 4.78 is 51.8. The first-order valence-electron chi connectivity index (χ1n) is 5.04. The van der Waals surface area contributed by atoms with Gasteiger partial charge in [-0.2, -0.15) is 8.78 Å². The molecule has 1 aromatic heterocycles. The maximum Gasteiger partial charge on any atom is 0.365 e. The normalized spacial score (nSPS) is 12.4. The summed E-state index contributed by atoms with van der Waals surface area (Å²) in [5.41, 5.74) is 0.637. The molecule has 102 valence electrons. The second kappa shape index (κ2) is 4.86. The van der Waals surface area contributed by atoms with E-state index in [1.54, 1.807) is 13.0 Å². The Balaban J connectivity index is 2.77. The second-order valence-electron chi connectivity index (χ2n) is 3.83. The van der Waals surface area contributed by atoms with E-state index in [2.05, 4.69) is 25.9 Å². The molecule has 0 spiro atoms. The van der Waals surface area contributed by atoms with Crippen molar-refractivity contribution in [2.75, 3.05) is 0 Å². The molecule has 0 saturated heterocycles. The van der Waals surface area contributed by atoms with Crippen molar-refractivity contribution in [2.45, 2.75) is 19.3 Å². The minimum absolute atomic E-state index is 0.115. The predicted molar refractivity (Wildman–Crippen MR) is 66.9 cm³/mol. The summed E-state index contributed by atoms with van der Waals surface area (Å²) in [5, 5.41) is 0.0482. The molecule has 0 aliphatic heterocycles. The summed E-state index contributed by atoms with van der Waals surface area (Å²) >= 11 is 8.96. The lowest BCUT2D eigenvalue weighted by atomic mass is 10.1. The predicted octanol–water partition coefficient (Wildman–Crippen LogP) is 4.71. The Morgan fingerprint density at radius 2 is 1.89 bits per heavy atom. The van der Waals surface area contributed by atoms with Gasteiger partial charge in [0.15, 0.2) is 0 Å². The topological polar surface area (TPSA) is 25.8 Å². The van der Waals surface area contributed by atoms with E-state index in [0.717, 1.165) is 0 Å². The minimum atomic E-state index is -4.44. The van der Waals surface area contributed by atoms with Gasteiger partial charge in [0, 0.05) is 9.86 Å². The number of halogens is 6. The van der Waals surface area contributed by atoms with Gasteiger partial charge in [0.25, 0.3) is 0 Å². The first-order chi connectivity index (χ1) is 8.75. The number of aromatic nitrogens is 2. The van der Waals surface area contributed by atoms with Crippen LogP contribution in [0.5, 0.6) is 0 Å². The molecule has 2 rings (SSSR count). The fraction of sp³-hybridized carbons (Fsp3) is 0.273. The van der Waals surface area contributed by atoms with Crippen LogP contribution in [-0.2, 0) is 5.92 Å². The van der Waals surface area contributed by atoms with Gasteiger partial charge in [-0.1, -0.05) is 27.5 Å². The highest BCUT2D eigenvalue weighted by molar-refractivity contribution is 9.10. The number of hydrogen-bond acceptors (Lipinski definition) is 2.